The average Bonchev–Trinajstić information content (AvgIpc) is 1.69. The minimum Gasteiger partial charge on any atom is -0.393 e. The summed E-state index contributed by atoms with van der Waals surface area (Å²) >= 11 is 3.27. The highest BCUT2D eigenvalue weighted by Crippen LogP contribution is 2.72. The Morgan fingerprint density at radius 1 is 0.363 bits per heavy atom. The number of ketones is 2. The number of rotatable bonds is 14. The van der Waals surface area contributed by atoms with Crippen molar-refractivity contribution in [3.05, 3.63) is 117 Å². The molecular weight excluding hydrogens is 1440 g/mol. The number of Topliss-reactive ketones (excluding diaryl/α,β-unsaturated/α-hetero) is 2. The first-order chi connectivity index (χ1) is 53.4. The summed E-state index contributed by atoms with van der Waals surface area (Å²) in [5.41, 5.74) is 18.6. The van der Waals surface area contributed by atoms with Crippen molar-refractivity contribution in [1.29, 1.82) is 0 Å². The smallest absolute Gasteiger partial charge is 0.136 e. The Labute approximate surface area is 703 Å². The number of hydrogen-bond acceptors (Lipinski definition) is 4. The van der Waals surface area contributed by atoms with Crippen molar-refractivity contribution in [2.45, 2.75) is 388 Å². The molecule has 0 heterocycles. The molecule has 2 N–H and O–H groups in total. The molecule has 0 aromatic rings. The van der Waals surface area contributed by atoms with Crippen molar-refractivity contribution in [3.63, 3.8) is 0 Å². The lowest BCUT2D eigenvalue weighted by molar-refractivity contribution is -0.129. The fourth-order valence-electron chi connectivity index (χ4n) is 31.8. The van der Waals surface area contributed by atoms with Crippen LogP contribution in [0.2, 0.25) is 0 Å². The van der Waals surface area contributed by atoms with Crippen LogP contribution in [0, 0.1) is 150 Å². The minimum absolute atomic E-state index is 0.0928. The first-order valence-electron chi connectivity index (χ1n) is 48.0. The third-order valence-electron chi connectivity index (χ3n) is 38.2. The molecule has 0 saturated heterocycles. The molecule has 0 bridgehead atoms. The molecule has 28 atom stereocenters. The summed E-state index contributed by atoms with van der Waals surface area (Å²) in [6.45, 7) is 53.6. The molecule has 0 aliphatic heterocycles. The van der Waals surface area contributed by atoms with E-state index in [1.165, 1.54) is 208 Å². The first kappa shape index (κ1) is 89.4. The quantitative estimate of drug-likeness (QED) is 0.134. The molecule has 15 unspecified atom stereocenters. The highest BCUT2D eigenvalue weighted by Gasteiger charge is 2.64. The number of fused-ring (bicyclic) bond motifs is 20. The van der Waals surface area contributed by atoms with Gasteiger partial charge in [0.05, 0.1) is 12.2 Å². The fraction of sp³-hybridized carbons (Fsp3) is 0.796. The lowest BCUT2D eigenvalue weighted by atomic mass is 9.47. The van der Waals surface area contributed by atoms with Gasteiger partial charge in [-0.15, -0.1) is 0 Å². The summed E-state index contributed by atoms with van der Waals surface area (Å²) in [4.78, 5) is 25.3. The van der Waals surface area contributed by atoms with Crippen LogP contribution in [-0.4, -0.2) is 39.3 Å². The number of hydrogen-bond donors (Lipinski definition) is 2. The number of allylic oxidation sites excluding steroid dienone is 16. The molecule has 0 radical (unpaired) electrons. The Balaban J connectivity index is 0.000000136. The van der Waals surface area contributed by atoms with Crippen LogP contribution >= 0.6 is 15.9 Å². The van der Waals surface area contributed by atoms with Gasteiger partial charge in [0, 0.05) is 23.6 Å². The van der Waals surface area contributed by atoms with Gasteiger partial charge in [-0.05, 0) is 438 Å². The second kappa shape index (κ2) is 36.1. The van der Waals surface area contributed by atoms with E-state index in [-0.39, 0.29) is 23.0 Å². The summed E-state index contributed by atoms with van der Waals surface area (Å²) < 4.78 is 0. The number of carbonyl (C=O) groups is 2. The number of halogens is 1. The molecule has 16 aliphatic rings. The van der Waals surface area contributed by atoms with Crippen LogP contribution in [-0.2, 0) is 9.59 Å². The number of aliphatic hydroxyl groups excluding tert-OH is 2. The Hall–Kier alpha value is -2.86. The van der Waals surface area contributed by atoms with Gasteiger partial charge in [-0.1, -0.05) is 203 Å². The number of aliphatic hydroxyl groups is 2. The van der Waals surface area contributed by atoms with Crippen LogP contribution < -0.4 is 0 Å². The van der Waals surface area contributed by atoms with Gasteiger partial charge in [0.15, 0.2) is 0 Å². The molecule has 113 heavy (non-hydrogen) atoms. The summed E-state index contributed by atoms with van der Waals surface area (Å²) in [5, 5.41) is 21.2. The zero-order chi connectivity index (χ0) is 81.7. The highest BCUT2D eigenvalue weighted by atomic mass is 79.9. The highest BCUT2D eigenvalue weighted by molar-refractivity contribution is 9.09. The molecule has 12 saturated carbocycles. The van der Waals surface area contributed by atoms with E-state index in [0.29, 0.717) is 55.9 Å². The molecule has 16 aliphatic carbocycles. The van der Waals surface area contributed by atoms with Gasteiger partial charge in [-0.25, -0.2) is 0 Å². The molecule has 16 rings (SSSR count). The molecule has 0 aromatic heterocycles. The monoisotopic (exact) mass is 1610 g/mol. The lowest BCUT2D eigenvalue weighted by Crippen LogP contribution is -2.50. The molecular formula is C108H169BrO4. The third kappa shape index (κ3) is 17.7. The normalized spacial score (nSPS) is 44.3. The summed E-state index contributed by atoms with van der Waals surface area (Å²) in [6.07, 6.45) is 66.8. The van der Waals surface area contributed by atoms with Gasteiger partial charge in [-0.3, -0.25) is 9.59 Å². The van der Waals surface area contributed by atoms with Crippen molar-refractivity contribution in [3.8, 4) is 0 Å². The van der Waals surface area contributed by atoms with E-state index in [1.54, 1.807) is 22.3 Å². The third-order valence-corrected chi connectivity index (χ3v) is 38.5. The van der Waals surface area contributed by atoms with Gasteiger partial charge in [0.25, 0.3) is 0 Å². The molecule has 0 spiro atoms. The maximum Gasteiger partial charge on any atom is 0.136 e. The van der Waals surface area contributed by atoms with Gasteiger partial charge < -0.3 is 10.2 Å². The van der Waals surface area contributed by atoms with Crippen LogP contribution in [0.1, 0.15) is 376 Å². The minimum atomic E-state index is -0.117. The summed E-state index contributed by atoms with van der Waals surface area (Å²) in [6, 6.07) is 0. The van der Waals surface area contributed by atoms with Crippen LogP contribution in [0.25, 0.3) is 0 Å². The van der Waals surface area contributed by atoms with Crippen LogP contribution in [0.15, 0.2) is 117 Å². The second-order valence-electron chi connectivity index (χ2n) is 45.5. The average molecular weight is 1610 g/mol. The fourth-order valence-corrected chi connectivity index (χ4v) is 32.4. The van der Waals surface area contributed by atoms with Crippen molar-refractivity contribution >= 4 is 27.5 Å². The van der Waals surface area contributed by atoms with Gasteiger partial charge in [0.2, 0.25) is 0 Å². The lowest BCUT2D eigenvalue weighted by Gasteiger charge is -2.58. The first-order valence-corrected chi connectivity index (χ1v) is 49.1. The van der Waals surface area contributed by atoms with Crippen molar-refractivity contribution < 1.29 is 19.8 Å². The SMILES string of the molecule is C=C(CCC=C(C)C)C1CCC2C3CC=C4C[C@@H](C)CC[C@]4(C)C3CC[C@]12C.C=C(CCC=C(C)C)C1CCC2[C@@H]3CC=C4C[C@@H](O)CC[C@]4(C)C3CC[C@]12C.CC(=O)C1CCC2C3CC=C4C[C@@H](O)CC[C@]4(C)C3CC[C@]12C.CC(C)=CCBr.CC(C)=CCCC(=O)C1CCC2C3CC=C4C[C@@H](C)CC[C@]4(C)C3CC[C@]12C. The van der Waals surface area contributed by atoms with E-state index in [2.05, 4.69) is 202 Å². The van der Waals surface area contributed by atoms with Crippen molar-refractivity contribution in [2.75, 3.05) is 5.33 Å². The molecule has 12 fully saturated rings. The van der Waals surface area contributed by atoms with E-state index < -0.39 is 0 Å². The number of carbonyl (C=O) groups excluding carboxylic acids is 2. The van der Waals surface area contributed by atoms with E-state index in [1.807, 2.05) is 12.5 Å². The van der Waals surface area contributed by atoms with Crippen LogP contribution in [0.3, 0.4) is 0 Å². The Morgan fingerprint density at radius 2 is 0.646 bits per heavy atom. The van der Waals surface area contributed by atoms with Crippen LogP contribution in [0.4, 0.5) is 0 Å². The maximum atomic E-state index is 13.1. The molecule has 632 valence electrons. The summed E-state index contributed by atoms with van der Waals surface area (Å²) in [5.74, 6) is 15.1. The second-order valence-corrected chi connectivity index (χ2v) is 46.2. The number of alkyl halides is 1. The van der Waals surface area contributed by atoms with Gasteiger partial charge in [0.1, 0.15) is 11.6 Å². The van der Waals surface area contributed by atoms with Crippen molar-refractivity contribution in [2.24, 2.45) is 150 Å². The molecule has 0 amide bonds. The molecule has 0 aromatic carbocycles. The van der Waals surface area contributed by atoms with E-state index in [0.717, 1.165) is 164 Å². The topological polar surface area (TPSA) is 74.6 Å². The van der Waals surface area contributed by atoms with Crippen molar-refractivity contribution in [1.82, 2.24) is 0 Å². The zero-order valence-corrected chi connectivity index (χ0v) is 77.8. The van der Waals surface area contributed by atoms with Gasteiger partial charge in [-0.2, -0.15) is 0 Å². The predicted octanol–water partition coefficient (Wildman–Crippen LogP) is 30.1. The predicted molar refractivity (Wildman–Crippen MR) is 484 cm³/mol. The summed E-state index contributed by atoms with van der Waals surface area (Å²) in [7, 11) is 0. The zero-order valence-electron chi connectivity index (χ0n) is 76.2. The Morgan fingerprint density at radius 3 is 0.956 bits per heavy atom. The van der Waals surface area contributed by atoms with Crippen LogP contribution in [0.5, 0.6) is 0 Å². The van der Waals surface area contributed by atoms with E-state index >= 15 is 0 Å². The van der Waals surface area contributed by atoms with E-state index in [9.17, 15) is 19.8 Å². The maximum absolute atomic E-state index is 13.1. The largest absolute Gasteiger partial charge is 0.393 e. The van der Waals surface area contributed by atoms with Gasteiger partial charge >= 0.3 is 0 Å². The Kier molecular flexibility index (Phi) is 28.5. The standard InChI is InChI=1S/C28H44.2C27H42O.C21H32O2.C5H9Br/c1-19(2)8-7-9-21(4)24-12-13-25-23-11-10-22-18-20(3)14-16-27(22,5)26(23)15-17-28(24,25)6;1-18(2)7-6-8-25(28)24-12-11-22-21-10-9-20-17-19(3)13-15-26(20,4)23(21)14-16-27(22,24)5;1-18(2)7-6-8-19(3)23-11-12-24-22-10-9-20-17-21(28)13-15-26(20,4)25(22)14-16-27(23,24)5;1-13(22)17-6-7-18-16-5-4-14-12-15(23)8-10-20(14,2)19(16)9-11-21(17,18)3;1-5(2)3-4-6/h8,10,20,23-26H,4,7,9,11-18H2,1-3,5-6H3;7,9,19,21-24H,6,8,10-17H2,1-5H3;7,9,21-25,28H,3,6,8,10-17H2,1-2,4-5H3;4,15-19,23H,5-12H2,1-3H3;3H,4H2,1-2H3/t20-,23?,24?,25?,26?,27-,28+;19-,21?,22?,23?,24?,26-,27-;21-,22-,23?,24?,25?,26-,27+;15-,16?,17?,18?,19?,20-,21+;/m0000./s1. The molecule has 4 nitrogen and oxygen atoms in total. The Bertz CT molecular complexity index is 3370. The van der Waals surface area contributed by atoms with E-state index in [4.69, 9.17) is 0 Å². The molecule has 5 heteroatoms.